The van der Waals surface area contributed by atoms with Gasteiger partial charge in [0, 0.05) is 12.1 Å². The van der Waals surface area contributed by atoms with Crippen LogP contribution in [0.4, 0.5) is 11.4 Å². The fourth-order valence-electron chi connectivity index (χ4n) is 2.89. The van der Waals surface area contributed by atoms with Crippen molar-refractivity contribution in [2.75, 3.05) is 25.5 Å². The lowest BCUT2D eigenvalue weighted by atomic mass is 9.85. The quantitative estimate of drug-likeness (QED) is 0.556. The molecule has 2 N–H and O–H groups in total. The highest BCUT2D eigenvalue weighted by atomic mass is 16.6. The number of likely N-dealkylation sites (N-methyl/N-ethyl adjacent to an activating group) is 1. The highest BCUT2D eigenvalue weighted by molar-refractivity contribution is 5.69. The largest absolute Gasteiger partial charge is 0.490 e. The van der Waals surface area contributed by atoms with Gasteiger partial charge in [0.05, 0.1) is 18.6 Å². The van der Waals surface area contributed by atoms with E-state index < -0.39 is 10.9 Å². The molecule has 0 atom stereocenters. The van der Waals surface area contributed by atoms with Crippen LogP contribution in [0.3, 0.4) is 0 Å². The third-order valence-corrected chi connectivity index (χ3v) is 4.14. The number of nitrogens with zero attached hydrogens (tertiary/aromatic N) is 2. The van der Waals surface area contributed by atoms with E-state index in [4.69, 9.17) is 9.84 Å². The molecule has 0 radical (unpaired) electrons. The van der Waals surface area contributed by atoms with E-state index in [0.29, 0.717) is 12.2 Å². The summed E-state index contributed by atoms with van der Waals surface area (Å²) >= 11 is 0. The van der Waals surface area contributed by atoms with Crippen LogP contribution in [0.5, 0.6) is 5.75 Å². The van der Waals surface area contributed by atoms with Gasteiger partial charge in [-0.3, -0.25) is 19.8 Å². The summed E-state index contributed by atoms with van der Waals surface area (Å²) < 4.78 is 5.05. The number of carboxylic acids is 1. The molecule has 1 aromatic rings. The number of carbonyl (C=O) groups is 1. The van der Waals surface area contributed by atoms with Crippen LogP contribution in [0.1, 0.15) is 19.8 Å². The SMILES string of the molecule is CCN(CC(=O)O)C1CC(Nc2cccc(OC)c2[N+](=O)[O-])C1. The second kappa shape index (κ2) is 7.28. The summed E-state index contributed by atoms with van der Waals surface area (Å²) in [6, 6.07) is 5.20. The Morgan fingerprint density at radius 2 is 2.22 bits per heavy atom. The number of nitrogens with one attached hydrogen (secondary N) is 1. The van der Waals surface area contributed by atoms with Crippen LogP contribution in [0.2, 0.25) is 0 Å². The number of carboxylic acid groups (broad SMARTS) is 1. The number of hydrogen-bond acceptors (Lipinski definition) is 6. The molecule has 0 aromatic heterocycles. The number of rotatable bonds is 8. The van der Waals surface area contributed by atoms with Crippen molar-refractivity contribution >= 4 is 17.3 Å². The third-order valence-electron chi connectivity index (χ3n) is 4.14. The Morgan fingerprint density at radius 3 is 2.74 bits per heavy atom. The van der Waals surface area contributed by atoms with Crippen LogP contribution in [0, 0.1) is 10.1 Å². The zero-order chi connectivity index (χ0) is 17.0. The highest BCUT2D eigenvalue weighted by Crippen LogP contribution is 2.37. The monoisotopic (exact) mass is 323 g/mol. The molecule has 8 nitrogen and oxygen atoms in total. The molecule has 0 heterocycles. The van der Waals surface area contributed by atoms with Crippen molar-refractivity contribution in [3.05, 3.63) is 28.3 Å². The second-order valence-corrected chi connectivity index (χ2v) is 5.54. The lowest BCUT2D eigenvalue weighted by Gasteiger charge is -2.42. The number of para-hydroxylation sites is 1. The molecule has 23 heavy (non-hydrogen) atoms. The van der Waals surface area contributed by atoms with E-state index in [2.05, 4.69) is 5.32 Å². The van der Waals surface area contributed by atoms with Crippen LogP contribution in [0.25, 0.3) is 0 Å². The molecule has 0 bridgehead atoms. The summed E-state index contributed by atoms with van der Waals surface area (Å²) in [7, 11) is 1.40. The Hall–Kier alpha value is -2.35. The maximum atomic E-state index is 11.2. The third kappa shape index (κ3) is 3.89. The molecule has 0 amide bonds. The van der Waals surface area contributed by atoms with E-state index >= 15 is 0 Å². The normalized spacial score (nSPS) is 20.0. The Kier molecular flexibility index (Phi) is 5.38. The number of methoxy groups -OCH3 is 1. The van der Waals surface area contributed by atoms with Gasteiger partial charge in [-0.2, -0.15) is 0 Å². The van der Waals surface area contributed by atoms with Gasteiger partial charge < -0.3 is 15.2 Å². The number of hydrogen-bond donors (Lipinski definition) is 2. The highest BCUT2D eigenvalue weighted by Gasteiger charge is 2.35. The molecule has 0 saturated heterocycles. The van der Waals surface area contributed by atoms with E-state index in [1.54, 1.807) is 18.2 Å². The molecule has 1 aliphatic rings. The van der Waals surface area contributed by atoms with Gasteiger partial charge in [0.1, 0.15) is 5.69 Å². The van der Waals surface area contributed by atoms with Crippen molar-refractivity contribution < 1.29 is 19.6 Å². The minimum atomic E-state index is -0.841. The molecule has 8 heteroatoms. The predicted molar refractivity (Wildman–Crippen MR) is 85.0 cm³/mol. The summed E-state index contributed by atoms with van der Waals surface area (Å²) in [6.45, 7) is 2.62. The number of anilines is 1. The maximum Gasteiger partial charge on any atom is 0.333 e. The minimum absolute atomic E-state index is 0.0210. The van der Waals surface area contributed by atoms with Gasteiger partial charge in [-0.25, -0.2) is 0 Å². The number of aliphatic carboxylic acids is 1. The van der Waals surface area contributed by atoms with Gasteiger partial charge in [0.25, 0.3) is 0 Å². The first-order chi connectivity index (χ1) is 11.0. The van der Waals surface area contributed by atoms with Crippen LogP contribution in [-0.2, 0) is 4.79 Å². The summed E-state index contributed by atoms with van der Waals surface area (Å²) in [4.78, 5) is 23.5. The van der Waals surface area contributed by atoms with Gasteiger partial charge in [-0.15, -0.1) is 0 Å². The van der Waals surface area contributed by atoms with Gasteiger partial charge in [0.15, 0.2) is 5.75 Å². The fourth-order valence-corrected chi connectivity index (χ4v) is 2.89. The summed E-state index contributed by atoms with van der Waals surface area (Å²) in [6.07, 6.45) is 1.52. The predicted octanol–water partition coefficient (Wildman–Crippen LogP) is 1.95. The first-order valence-electron chi connectivity index (χ1n) is 7.50. The molecule has 1 saturated carbocycles. The van der Waals surface area contributed by atoms with Gasteiger partial charge >= 0.3 is 11.7 Å². The lowest BCUT2D eigenvalue weighted by Crippen LogP contribution is -2.51. The second-order valence-electron chi connectivity index (χ2n) is 5.54. The lowest BCUT2D eigenvalue weighted by molar-refractivity contribution is -0.384. The standard InChI is InChI=1S/C15H21N3O5/c1-3-17(9-14(19)20)11-7-10(8-11)16-12-5-4-6-13(23-2)15(12)18(21)22/h4-6,10-11,16H,3,7-9H2,1-2H3,(H,19,20). The van der Waals surface area contributed by atoms with Crippen molar-refractivity contribution in [3.8, 4) is 5.75 Å². The van der Waals surface area contributed by atoms with E-state index in [9.17, 15) is 14.9 Å². The summed E-state index contributed by atoms with van der Waals surface area (Å²) in [5.41, 5.74) is 0.357. The Labute approximate surface area is 134 Å². The van der Waals surface area contributed by atoms with E-state index in [1.165, 1.54) is 7.11 Å². The van der Waals surface area contributed by atoms with Crippen molar-refractivity contribution in [3.63, 3.8) is 0 Å². The summed E-state index contributed by atoms with van der Waals surface area (Å²) in [5.74, 6) is -0.622. The molecule has 1 aliphatic carbocycles. The number of nitro groups is 1. The fraction of sp³-hybridized carbons (Fsp3) is 0.533. The average molecular weight is 323 g/mol. The van der Waals surface area contributed by atoms with Crippen molar-refractivity contribution in [2.24, 2.45) is 0 Å². The molecule has 0 unspecified atom stereocenters. The molecule has 1 fully saturated rings. The van der Waals surface area contributed by atoms with Crippen LogP contribution < -0.4 is 10.1 Å². The van der Waals surface area contributed by atoms with E-state index in [0.717, 1.165) is 12.8 Å². The number of benzene rings is 1. The molecular formula is C15H21N3O5. The number of nitro benzene ring substituents is 1. The van der Waals surface area contributed by atoms with Crippen LogP contribution in [0.15, 0.2) is 18.2 Å². The van der Waals surface area contributed by atoms with E-state index in [1.807, 2.05) is 11.8 Å². The van der Waals surface area contributed by atoms with Crippen LogP contribution in [-0.4, -0.2) is 53.2 Å². The molecule has 1 aromatic carbocycles. The Bertz CT molecular complexity index is 586. The van der Waals surface area contributed by atoms with Crippen molar-refractivity contribution in [2.45, 2.75) is 31.8 Å². The summed E-state index contributed by atoms with van der Waals surface area (Å²) in [5, 5.41) is 23.3. The van der Waals surface area contributed by atoms with Crippen LogP contribution >= 0.6 is 0 Å². The first kappa shape index (κ1) is 17.0. The zero-order valence-electron chi connectivity index (χ0n) is 13.2. The van der Waals surface area contributed by atoms with Crippen molar-refractivity contribution in [1.82, 2.24) is 4.90 Å². The first-order valence-corrected chi connectivity index (χ1v) is 7.50. The molecule has 2 rings (SSSR count). The smallest absolute Gasteiger partial charge is 0.333 e. The Balaban J connectivity index is 2.00. The molecular weight excluding hydrogens is 302 g/mol. The molecule has 0 spiro atoms. The van der Waals surface area contributed by atoms with E-state index in [-0.39, 0.29) is 30.1 Å². The topological polar surface area (TPSA) is 105 Å². The number of ether oxygens (including phenoxy) is 1. The van der Waals surface area contributed by atoms with Gasteiger partial charge in [0.2, 0.25) is 0 Å². The molecule has 126 valence electrons. The average Bonchev–Trinajstić information content (AvgIpc) is 2.47. The van der Waals surface area contributed by atoms with Gasteiger partial charge in [-0.1, -0.05) is 13.0 Å². The van der Waals surface area contributed by atoms with Crippen molar-refractivity contribution in [1.29, 1.82) is 0 Å². The zero-order valence-corrected chi connectivity index (χ0v) is 13.2. The minimum Gasteiger partial charge on any atom is -0.490 e. The maximum absolute atomic E-state index is 11.2. The Morgan fingerprint density at radius 1 is 1.52 bits per heavy atom. The van der Waals surface area contributed by atoms with Gasteiger partial charge in [-0.05, 0) is 31.5 Å². The molecule has 0 aliphatic heterocycles.